The van der Waals surface area contributed by atoms with Gasteiger partial charge in [0, 0.05) is 18.2 Å². The van der Waals surface area contributed by atoms with Gasteiger partial charge in [0.25, 0.3) is 0 Å². The van der Waals surface area contributed by atoms with Crippen LogP contribution in [0.5, 0.6) is 5.75 Å². The third-order valence-electron chi connectivity index (χ3n) is 5.18. The number of rotatable bonds is 7. The van der Waals surface area contributed by atoms with E-state index in [0.717, 1.165) is 22.2 Å². The van der Waals surface area contributed by atoms with Gasteiger partial charge in [0.1, 0.15) is 11.6 Å². The van der Waals surface area contributed by atoms with Crippen LogP contribution in [0.25, 0.3) is 22.4 Å². The van der Waals surface area contributed by atoms with Crippen molar-refractivity contribution >= 4 is 40.1 Å². The number of aromatic nitrogens is 2. The Morgan fingerprint density at radius 3 is 2.55 bits per heavy atom. The lowest BCUT2D eigenvalue weighted by Gasteiger charge is -2.18. The maximum atomic E-state index is 12.8. The number of anilines is 1. The fourth-order valence-corrected chi connectivity index (χ4v) is 3.82. The third kappa shape index (κ3) is 5.32. The van der Waals surface area contributed by atoms with Crippen molar-refractivity contribution in [2.75, 3.05) is 12.4 Å². The molecule has 0 aliphatic heterocycles. The smallest absolute Gasteiger partial charge is 0.226 e. The van der Waals surface area contributed by atoms with E-state index in [4.69, 9.17) is 16.3 Å². The van der Waals surface area contributed by atoms with E-state index in [1.165, 1.54) is 6.92 Å². The molecule has 0 spiro atoms. The molecule has 0 fully saturated rings. The van der Waals surface area contributed by atoms with Crippen LogP contribution in [-0.4, -0.2) is 28.9 Å². The van der Waals surface area contributed by atoms with E-state index in [2.05, 4.69) is 20.6 Å². The molecule has 1 unspecified atom stereocenters. The van der Waals surface area contributed by atoms with Crippen LogP contribution < -0.4 is 15.4 Å². The molecule has 0 aliphatic rings. The van der Waals surface area contributed by atoms with Gasteiger partial charge in [0.05, 0.1) is 35.6 Å². The number of benzene rings is 3. The lowest BCUT2D eigenvalue weighted by Crippen LogP contribution is -2.29. The molecule has 0 radical (unpaired) electrons. The summed E-state index contributed by atoms with van der Waals surface area (Å²) < 4.78 is 5.18. The molecular formula is C25H23ClN4O3. The molecule has 168 valence electrons. The van der Waals surface area contributed by atoms with Crippen LogP contribution in [0, 0.1) is 0 Å². The first-order valence-electron chi connectivity index (χ1n) is 10.4. The fraction of sp³-hybridized carbons (Fsp3) is 0.160. The summed E-state index contributed by atoms with van der Waals surface area (Å²) in [5.74, 6) is 0.919. The van der Waals surface area contributed by atoms with Crippen LogP contribution in [0.2, 0.25) is 5.02 Å². The number of nitrogens with one attached hydrogen (secondary N) is 3. The summed E-state index contributed by atoms with van der Waals surface area (Å²) in [5, 5.41) is 6.34. The first-order chi connectivity index (χ1) is 15.9. The van der Waals surface area contributed by atoms with Crippen LogP contribution in [0.1, 0.15) is 24.9 Å². The maximum absolute atomic E-state index is 12.8. The zero-order valence-electron chi connectivity index (χ0n) is 18.2. The molecule has 1 heterocycles. The number of imidazole rings is 1. The topological polar surface area (TPSA) is 96.1 Å². The van der Waals surface area contributed by atoms with E-state index in [1.807, 2.05) is 48.5 Å². The Kier molecular flexibility index (Phi) is 6.60. The summed E-state index contributed by atoms with van der Waals surface area (Å²) in [5.41, 5.74) is 3.78. The van der Waals surface area contributed by atoms with Crippen LogP contribution in [0.15, 0.2) is 66.7 Å². The van der Waals surface area contributed by atoms with Gasteiger partial charge in [-0.1, -0.05) is 35.9 Å². The molecule has 4 aromatic rings. The van der Waals surface area contributed by atoms with Crippen LogP contribution in [-0.2, 0) is 9.59 Å². The SMILES string of the molecule is COc1ccc(C(CC(=O)Nc2ccc3nc(-c4ccccc4Cl)[nH]c3c2)NC(C)=O)cc1. The van der Waals surface area contributed by atoms with Gasteiger partial charge in [-0.3, -0.25) is 9.59 Å². The number of aromatic amines is 1. The van der Waals surface area contributed by atoms with Crippen molar-refractivity contribution < 1.29 is 14.3 Å². The van der Waals surface area contributed by atoms with Crippen LogP contribution >= 0.6 is 11.6 Å². The average Bonchev–Trinajstić information content (AvgIpc) is 3.22. The first-order valence-corrected chi connectivity index (χ1v) is 10.8. The average molecular weight is 463 g/mol. The molecule has 2 amide bonds. The van der Waals surface area contributed by atoms with Gasteiger partial charge < -0.3 is 20.4 Å². The van der Waals surface area contributed by atoms with Gasteiger partial charge in [0.15, 0.2) is 0 Å². The number of H-pyrrole nitrogens is 1. The standard InChI is InChI=1S/C25H23ClN4O3/c1-15(31)27-22(16-7-10-18(33-2)11-8-16)14-24(32)28-17-9-12-21-23(13-17)30-25(29-21)19-5-3-4-6-20(19)26/h3-13,22H,14H2,1-2H3,(H,27,31)(H,28,32)(H,29,30). The predicted molar refractivity (Wildman–Crippen MR) is 129 cm³/mol. The van der Waals surface area contributed by atoms with E-state index in [1.54, 1.807) is 25.3 Å². The number of fused-ring (bicyclic) bond motifs is 1. The highest BCUT2D eigenvalue weighted by Crippen LogP contribution is 2.28. The second-order valence-electron chi connectivity index (χ2n) is 7.58. The Bertz CT molecular complexity index is 1300. The molecule has 8 heteroatoms. The fourth-order valence-electron chi connectivity index (χ4n) is 3.60. The number of halogens is 1. The van der Waals surface area contributed by atoms with Gasteiger partial charge in [-0.15, -0.1) is 0 Å². The third-order valence-corrected chi connectivity index (χ3v) is 5.51. The maximum Gasteiger partial charge on any atom is 0.226 e. The number of hydrogen-bond acceptors (Lipinski definition) is 4. The molecule has 0 aliphatic carbocycles. The molecule has 3 N–H and O–H groups in total. The Morgan fingerprint density at radius 2 is 1.85 bits per heavy atom. The second kappa shape index (κ2) is 9.75. The molecule has 4 rings (SSSR count). The number of carbonyl (C=O) groups excluding carboxylic acids is 2. The molecule has 3 aromatic carbocycles. The van der Waals surface area contributed by atoms with E-state index < -0.39 is 6.04 Å². The Morgan fingerprint density at radius 1 is 1.09 bits per heavy atom. The minimum atomic E-state index is -0.462. The number of methoxy groups -OCH3 is 1. The predicted octanol–water partition coefficient (Wildman–Crippen LogP) is 5.10. The number of ether oxygens (including phenoxy) is 1. The zero-order chi connectivity index (χ0) is 23.4. The molecular weight excluding hydrogens is 440 g/mol. The van der Waals surface area contributed by atoms with Gasteiger partial charge in [-0.2, -0.15) is 0 Å². The van der Waals surface area contributed by atoms with Crippen molar-refractivity contribution in [1.29, 1.82) is 0 Å². The summed E-state index contributed by atoms with van der Waals surface area (Å²) in [6.45, 7) is 1.43. The number of hydrogen-bond donors (Lipinski definition) is 3. The van der Waals surface area contributed by atoms with Crippen molar-refractivity contribution in [3.63, 3.8) is 0 Å². The minimum absolute atomic E-state index is 0.0811. The quantitative estimate of drug-likeness (QED) is 0.356. The lowest BCUT2D eigenvalue weighted by molar-refractivity contribution is -0.120. The monoisotopic (exact) mass is 462 g/mol. The largest absolute Gasteiger partial charge is 0.497 e. The highest BCUT2D eigenvalue weighted by Gasteiger charge is 2.18. The first kappa shape index (κ1) is 22.4. The van der Waals surface area contributed by atoms with Crippen molar-refractivity contribution in [1.82, 2.24) is 15.3 Å². The highest BCUT2D eigenvalue weighted by atomic mass is 35.5. The van der Waals surface area contributed by atoms with Gasteiger partial charge in [-0.25, -0.2) is 4.98 Å². The van der Waals surface area contributed by atoms with Crippen LogP contribution in [0.4, 0.5) is 5.69 Å². The Labute approximate surface area is 196 Å². The normalized spacial score (nSPS) is 11.7. The molecule has 0 saturated heterocycles. The summed E-state index contributed by atoms with van der Waals surface area (Å²) in [6, 6.07) is 19.7. The summed E-state index contributed by atoms with van der Waals surface area (Å²) in [4.78, 5) is 32.3. The Hall–Kier alpha value is -3.84. The molecule has 1 aromatic heterocycles. The van der Waals surface area contributed by atoms with E-state index >= 15 is 0 Å². The molecule has 7 nitrogen and oxygen atoms in total. The van der Waals surface area contributed by atoms with Crippen LogP contribution in [0.3, 0.4) is 0 Å². The van der Waals surface area contributed by atoms with Gasteiger partial charge >= 0.3 is 0 Å². The highest BCUT2D eigenvalue weighted by molar-refractivity contribution is 6.33. The van der Waals surface area contributed by atoms with E-state index in [-0.39, 0.29) is 18.2 Å². The van der Waals surface area contributed by atoms with E-state index in [9.17, 15) is 9.59 Å². The number of amides is 2. The lowest BCUT2D eigenvalue weighted by atomic mass is 10.0. The number of carbonyl (C=O) groups is 2. The molecule has 0 bridgehead atoms. The van der Waals surface area contributed by atoms with Gasteiger partial charge in [-0.05, 0) is 48.0 Å². The van der Waals surface area contributed by atoms with Crippen molar-refractivity contribution in [3.8, 4) is 17.1 Å². The zero-order valence-corrected chi connectivity index (χ0v) is 18.9. The Balaban J connectivity index is 1.50. The summed E-state index contributed by atoms with van der Waals surface area (Å²) in [7, 11) is 1.58. The van der Waals surface area contributed by atoms with E-state index in [0.29, 0.717) is 22.3 Å². The van der Waals surface area contributed by atoms with Crippen molar-refractivity contribution in [3.05, 3.63) is 77.3 Å². The second-order valence-corrected chi connectivity index (χ2v) is 7.98. The molecule has 33 heavy (non-hydrogen) atoms. The molecule has 1 atom stereocenters. The minimum Gasteiger partial charge on any atom is -0.497 e. The van der Waals surface area contributed by atoms with Gasteiger partial charge in [0.2, 0.25) is 11.8 Å². The van der Waals surface area contributed by atoms with Crippen molar-refractivity contribution in [2.24, 2.45) is 0 Å². The number of nitrogens with zero attached hydrogens (tertiary/aromatic N) is 1. The molecule has 0 saturated carbocycles. The summed E-state index contributed by atoms with van der Waals surface area (Å²) in [6.07, 6.45) is 0.0811. The summed E-state index contributed by atoms with van der Waals surface area (Å²) >= 11 is 6.28. The van der Waals surface area contributed by atoms with Crippen molar-refractivity contribution in [2.45, 2.75) is 19.4 Å².